The first kappa shape index (κ1) is 47.2. The number of Topliss-reactive ketones (excluding diaryl/α,β-unsaturated/α-hetero) is 1. The van der Waals surface area contributed by atoms with Crippen LogP contribution in [-0.2, 0) is 35.1 Å². The molecule has 0 aromatic heterocycles. The van der Waals surface area contributed by atoms with E-state index in [0.29, 0.717) is 57.2 Å². The normalized spacial score (nSPS) is 31.3. The molecular formula is C45H70N4O8S. The van der Waals surface area contributed by atoms with Crippen LogP contribution in [0.25, 0.3) is 0 Å². The maximum absolute atomic E-state index is 14.6. The minimum atomic E-state index is -0.936. The second kappa shape index (κ2) is 20.7. The lowest BCUT2D eigenvalue weighted by molar-refractivity contribution is -0.166. The Kier molecular flexibility index (Phi) is 16.8. The summed E-state index contributed by atoms with van der Waals surface area (Å²) in [5, 5.41) is 12.3. The van der Waals surface area contributed by atoms with Crippen molar-refractivity contribution in [1.29, 1.82) is 0 Å². The zero-order valence-electron chi connectivity index (χ0n) is 36.9. The lowest BCUT2D eigenvalue weighted by Gasteiger charge is -2.39. The standard InChI is InChI=1S/C45H70N4O8S/c1-12-28(3)39-43(54)49-21-13-14-36(49)44(55)57-38(45(6,7)8)23-27(2)22-37(51)29(4)40-46-33(26-58-40)17-18-34(50)25-32(24-31-15-19-35(56-11)20-16-31)42(53)47(9)30(5)41(52)48(39)10/h15-16,19-20,27-30,32-33,36-39,51H,12-14,17-18,21-26H2,1-11H3/t27-,28-,29-,30-,32+,33-,36-,37-,38-,39-/m0/s1. The molecule has 1 fully saturated rings. The van der Waals surface area contributed by atoms with Crippen LogP contribution in [0.15, 0.2) is 29.3 Å². The molecule has 324 valence electrons. The highest BCUT2D eigenvalue weighted by Crippen LogP contribution is 2.34. The van der Waals surface area contributed by atoms with Crippen molar-refractivity contribution in [3.05, 3.63) is 29.8 Å². The molecule has 3 heterocycles. The van der Waals surface area contributed by atoms with Crippen LogP contribution in [0.3, 0.4) is 0 Å². The summed E-state index contributed by atoms with van der Waals surface area (Å²) in [5.41, 5.74) is 0.464. The van der Waals surface area contributed by atoms with E-state index in [9.17, 15) is 29.1 Å². The third-order valence-corrected chi connectivity index (χ3v) is 14.0. The van der Waals surface area contributed by atoms with Crippen molar-refractivity contribution in [1.82, 2.24) is 14.7 Å². The second-order valence-corrected chi connectivity index (χ2v) is 19.3. The van der Waals surface area contributed by atoms with Gasteiger partial charge in [0.05, 0.1) is 24.3 Å². The van der Waals surface area contributed by atoms with Crippen molar-refractivity contribution in [2.45, 2.75) is 150 Å². The number of rotatable bonds is 5. The van der Waals surface area contributed by atoms with Crippen molar-refractivity contribution >= 4 is 46.3 Å². The van der Waals surface area contributed by atoms with Gasteiger partial charge in [-0.3, -0.25) is 24.2 Å². The summed E-state index contributed by atoms with van der Waals surface area (Å²) in [6.45, 7) is 16.0. The number of aliphatic hydroxyl groups is 1. The summed E-state index contributed by atoms with van der Waals surface area (Å²) < 4.78 is 11.6. The van der Waals surface area contributed by atoms with Crippen molar-refractivity contribution in [3.8, 4) is 5.75 Å². The number of cyclic esters (lactones) is 1. The van der Waals surface area contributed by atoms with Crippen molar-refractivity contribution < 1.29 is 38.6 Å². The van der Waals surface area contributed by atoms with Gasteiger partial charge in [-0.05, 0) is 80.4 Å². The number of carbonyl (C=O) groups is 5. The Balaban J connectivity index is 1.69. The predicted molar refractivity (Wildman–Crippen MR) is 229 cm³/mol. The molecule has 0 spiro atoms. The molecule has 0 radical (unpaired) electrons. The van der Waals surface area contributed by atoms with Gasteiger partial charge in [0.1, 0.15) is 35.8 Å². The Morgan fingerprint density at radius 2 is 1.64 bits per heavy atom. The van der Waals surface area contributed by atoms with Crippen LogP contribution in [0, 0.1) is 29.1 Å². The Hall–Kier alpha value is -3.45. The third-order valence-electron chi connectivity index (χ3n) is 12.7. The first-order chi connectivity index (χ1) is 27.3. The Morgan fingerprint density at radius 3 is 2.26 bits per heavy atom. The number of amides is 3. The number of fused-ring (bicyclic) bond motifs is 2. The highest BCUT2D eigenvalue weighted by molar-refractivity contribution is 8.14. The molecule has 1 saturated heterocycles. The number of esters is 1. The van der Waals surface area contributed by atoms with E-state index in [2.05, 4.69) is 6.92 Å². The minimum Gasteiger partial charge on any atom is -0.497 e. The number of benzene rings is 1. The van der Waals surface area contributed by atoms with Crippen LogP contribution < -0.4 is 4.74 Å². The van der Waals surface area contributed by atoms with E-state index in [4.69, 9.17) is 14.5 Å². The molecule has 4 rings (SSSR count). The van der Waals surface area contributed by atoms with E-state index in [1.54, 1.807) is 44.8 Å². The van der Waals surface area contributed by atoms with Crippen molar-refractivity contribution in [2.75, 3.05) is 33.5 Å². The van der Waals surface area contributed by atoms with E-state index in [1.165, 1.54) is 9.80 Å². The number of ketones is 1. The number of hydrogen-bond acceptors (Lipinski definition) is 10. The first-order valence-electron chi connectivity index (χ1n) is 21.3. The highest BCUT2D eigenvalue weighted by atomic mass is 32.2. The van der Waals surface area contributed by atoms with Crippen LogP contribution in [0.1, 0.15) is 112 Å². The quantitative estimate of drug-likeness (QED) is 0.343. The molecule has 1 N–H and O–H groups in total. The van der Waals surface area contributed by atoms with Gasteiger partial charge >= 0.3 is 5.97 Å². The number of nitrogens with zero attached hydrogens (tertiary/aromatic N) is 4. The maximum Gasteiger partial charge on any atom is 0.329 e. The molecule has 1 aromatic carbocycles. The Bertz CT molecular complexity index is 1630. The number of likely N-dealkylation sites (N-methyl/N-ethyl adjacent to an activating group) is 2. The van der Waals surface area contributed by atoms with Crippen molar-refractivity contribution in [3.63, 3.8) is 0 Å². The van der Waals surface area contributed by atoms with Gasteiger partial charge in [0.25, 0.3) is 0 Å². The third kappa shape index (κ3) is 11.9. The second-order valence-electron chi connectivity index (χ2n) is 18.3. The number of ether oxygens (including phenoxy) is 2. The molecular weight excluding hydrogens is 757 g/mol. The van der Waals surface area contributed by atoms with E-state index < -0.39 is 53.5 Å². The van der Waals surface area contributed by atoms with Crippen LogP contribution in [-0.4, -0.2) is 124 Å². The van der Waals surface area contributed by atoms with Gasteiger partial charge in [-0.2, -0.15) is 0 Å². The fraction of sp³-hybridized carbons (Fsp3) is 0.733. The molecule has 12 nitrogen and oxygen atoms in total. The van der Waals surface area contributed by atoms with Crippen LogP contribution in [0.2, 0.25) is 0 Å². The van der Waals surface area contributed by atoms with Crippen molar-refractivity contribution in [2.24, 2.45) is 34.1 Å². The Labute approximate surface area is 351 Å². The maximum atomic E-state index is 14.6. The summed E-state index contributed by atoms with van der Waals surface area (Å²) in [6.07, 6.45) is 2.71. The molecule has 13 heteroatoms. The molecule has 0 saturated carbocycles. The first-order valence-corrected chi connectivity index (χ1v) is 22.3. The number of methoxy groups -OCH3 is 1. The molecule has 58 heavy (non-hydrogen) atoms. The molecule has 0 aliphatic carbocycles. The summed E-state index contributed by atoms with van der Waals surface area (Å²) in [5.74, 6) is -1.30. The van der Waals surface area contributed by atoms with E-state index >= 15 is 0 Å². The number of aliphatic hydroxyl groups excluding tert-OH is 1. The average Bonchev–Trinajstić information content (AvgIpc) is 3.88. The molecule has 3 aliphatic rings. The SMILES string of the molecule is CC[C@H](C)[C@H]1C(=O)N2CCC[C@H]2C(=O)O[C@H](C(C)(C)C)C[C@@H](C)C[C@H](O)[C@H](C)C2=N[C@@H](CCC(=O)C[C@@H](Cc3ccc(OC)cc3)C(=O)N(C)[C@@H](C)C(=O)N1C)CS2. The fourth-order valence-corrected chi connectivity index (χ4v) is 9.65. The summed E-state index contributed by atoms with van der Waals surface area (Å²) in [4.78, 5) is 80.3. The predicted octanol–water partition coefficient (Wildman–Crippen LogP) is 6.20. The van der Waals surface area contributed by atoms with Gasteiger partial charge in [-0.25, -0.2) is 4.79 Å². The lowest BCUT2D eigenvalue weighted by atomic mass is 9.81. The number of carbonyl (C=O) groups excluding carboxylic acids is 5. The zero-order valence-corrected chi connectivity index (χ0v) is 37.7. The number of thioether (sulfide) groups is 1. The number of aliphatic imine (C=N–C) groups is 1. The average molecular weight is 827 g/mol. The fourth-order valence-electron chi connectivity index (χ4n) is 8.41. The van der Waals surface area contributed by atoms with Gasteiger partial charge in [0.15, 0.2) is 0 Å². The highest BCUT2D eigenvalue weighted by Gasteiger charge is 2.44. The van der Waals surface area contributed by atoms with Crippen LogP contribution in [0.4, 0.5) is 0 Å². The van der Waals surface area contributed by atoms with Crippen LogP contribution >= 0.6 is 11.8 Å². The van der Waals surface area contributed by atoms with Gasteiger partial charge in [-0.15, -0.1) is 11.8 Å². The minimum absolute atomic E-state index is 0.00534. The summed E-state index contributed by atoms with van der Waals surface area (Å²) in [7, 11) is 4.76. The van der Waals surface area contributed by atoms with E-state index in [0.717, 1.165) is 16.4 Å². The molecule has 3 amide bonds. The van der Waals surface area contributed by atoms with Gasteiger partial charge in [0, 0.05) is 51.1 Å². The van der Waals surface area contributed by atoms with Gasteiger partial charge < -0.3 is 29.3 Å². The molecule has 10 atom stereocenters. The van der Waals surface area contributed by atoms with E-state index in [1.807, 2.05) is 65.8 Å². The summed E-state index contributed by atoms with van der Waals surface area (Å²) in [6, 6.07) is 4.73. The van der Waals surface area contributed by atoms with E-state index in [-0.39, 0.29) is 54.2 Å². The summed E-state index contributed by atoms with van der Waals surface area (Å²) >= 11 is 1.62. The smallest absolute Gasteiger partial charge is 0.329 e. The van der Waals surface area contributed by atoms with Gasteiger partial charge in [-0.1, -0.05) is 67.0 Å². The zero-order chi connectivity index (χ0) is 43.1. The largest absolute Gasteiger partial charge is 0.497 e. The molecule has 2 bridgehead atoms. The Morgan fingerprint density at radius 1 is 0.966 bits per heavy atom. The molecule has 1 aromatic rings. The number of hydrogen-bond donors (Lipinski definition) is 1. The molecule has 0 unspecified atom stereocenters. The monoisotopic (exact) mass is 826 g/mol. The van der Waals surface area contributed by atoms with Gasteiger partial charge in [0.2, 0.25) is 17.7 Å². The topological polar surface area (TPSA) is 146 Å². The molecule has 3 aliphatic heterocycles. The lowest BCUT2D eigenvalue weighted by Crippen LogP contribution is -2.58. The van der Waals surface area contributed by atoms with Crippen LogP contribution in [0.5, 0.6) is 5.75 Å².